The maximum atomic E-state index is 12.5. The molecule has 2 N–H and O–H groups in total. The molecule has 32 heavy (non-hydrogen) atoms. The third-order valence-corrected chi connectivity index (χ3v) is 6.10. The molecule has 0 saturated heterocycles. The van der Waals surface area contributed by atoms with Crippen LogP contribution >= 0.6 is 23.4 Å². The van der Waals surface area contributed by atoms with E-state index in [1.54, 1.807) is 0 Å². The van der Waals surface area contributed by atoms with Gasteiger partial charge in [0.2, 0.25) is 5.91 Å². The highest BCUT2D eigenvalue weighted by molar-refractivity contribution is 7.99. The van der Waals surface area contributed by atoms with Gasteiger partial charge in [0.05, 0.1) is 24.8 Å². The molecule has 0 aliphatic heterocycles. The number of nitrogens with zero attached hydrogens (tertiary/aromatic N) is 4. The fraction of sp³-hybridized carbons (Fsp3) is 0.286. The molecule has 0 saturated carbocycles. The number of benzene rings is 2. The van der Waals surface area contributed by atoms with Crippen LogP contribution in [0.25, 0.3) is 5.69 Å². The Morgan fingerprint density at radius 3 is 2.59 bits per heavy atom. The number of aromatic nitrogens is 3. The van der Waals surface area contributed by atoms with E-state index in [1.165, 1.54) is 34.9 Å². The van der Waals surface area contributed by atoms with Crippen LogP contribution in [0.2, 0.25) is 5.02 Å². The summed E-state index contributed by atoms with van der Waals surface area (Å²) in [4.78, 5) is 24.2. The molecular formula is C21H24ClN6O3S+. The lowest BCUT2D eigenvalue weighted by Gasteiger charge is -2.20. The van der Waals surface area contributed by atoms with Crippen molar-refractivity contribution in [3.63, 3.8) is 0 Å². The third-order valence-electron chi connectivity index (χ3n) is 4.85. The van der Waals surface area contributed by atoms with Crippen LogP contribution in [-0.2, 0) is 4.79 Å². The minimum atomic E-state index is -0.590. The number of nitro groups is 1. The van der Waals surface area contributed by atoms with Crippen LogP contribution < -0.4 is 10.2 Å². The summed E-state index contributed by atoms with van der Waals surface area (Å²) in [5, 5.41) is 23.1. The minimum absolute atomic E-state index is 0.0133. The molecule has 1 heterocycles. The van der Waals surface area contributed by atoms with Crippen molar-refractivity contribution >= 4 is 40.6 Å². The summed E-state index contributed by atoms with van der Waals surface area (Å²) < 4.78 is 1.98. The van der Waals surface area contributed by atoms with Crippen molar-refractivity contribution in [2.45, 2.75) is 24.5 Å². The highest BCUT2D eigenvalue weighted by Gasteiger charge is 2.26. The number of nitro benzene ring substituents is 1. The van der Waals surface area contributed by atoms with Crippen LogP contribution in [0.1, 0.15) is 25.2 Å². The first-order chi connectivity index (χ1) is 15.3. The Morgan fingerprint density at radius 1 is 1.25 bits per heavy atom. The quantitative estimate of drug-likeness (QED) is 0.279. The summed E-state index contributed by atoms with van der Waals surface area (Å²) in [6, 6.07) is 14.1. The van der Waals surface area contributed by atoms with E-state index in [0.717, 1.165) is 17.9 Å². The van der Waals surface area contributed by atoms with Crippen LogP contribution in [0.15, 0.2) is 53.7 Å². The second-order valence-electron chi connectivity index (χ2n) is 7.31. The molecule has 0 aliphatic carbocycles. The maximum Gasteiger partial charge on any atom is 0.289 e. The van der Waals surface area contributed by atoms with E-state index in [1.807, 2.05) is 34.9 Å². The molecule has 1 amide bonds. The largest absolute Gasteiger partial charge is 0.331 e. The van der Waals surface area contributed by atoms with Crippen molar-refractivity contribution in [2.75, 3.05) is 25.2 Å². The molecule has 0 fully saturated rings. The number of carbonyl (C=O) groups excluding carboxylic acids is 1. The van der Waals surface area contributed by atoms with Crippen LogP contribution in [0.5, 0.6) is 0 Å². The molecule has 1 aromatic heterocycles. The van der Waals surface area contributed by atoms with Crippen LogP contribution in [0.4, 0.5) is 11.4 Å². The van der Waals surface area contributed by atoms with Crippen LogP contribution in [-0.4, -0.2) is 45.4 Å². The average molecular weight is 476 g/mol. The zero-order valence-corrected chi connectivity index (χ0v) is 19.5. The Balaban J connectivity index is 1.80. The number of amides is 1. The summed E-state index contributed by atoms with van der Waals surface area (Å²) >= 11 is 7.08. The molecule has 9 nitrogen and oxygen atoms in total. The zero-order chi connectivity index (χ0) is 23.3. The van der Waals surface area contributed by atoms with Crippen molar-refractivity contribution in [3.05, 3.63) is 69.5 Å². The monoisotopic (exact) mass is 475 g/mol. The van der Waals surface area contributed by atoms with Crippen molar-refractivity contribution in [2.24, 2.45) is 0 Å². The number of quaternary nitrogens is 1. The molecule has 168 valence electrons. The SMILES string of the molecule is CC[C@H](c1nnc(SCC(=O)Nc2ccc(Cl)c([N+](=O)[O-])c2)n1-c1ccccc1)[NH+](C)C. The maximum absolute atomic E-state index is 12.5. The number of anilines is 1. The van der Waals surface area contributed by atoms with Crippen LogP contribution in [0, 0.1) is 10.1 Å². The molecule has 0 aliphatic rings. The van der Waals surface area contributed by atoms with E-state index < -0.39 is 4.92 Å². The van der Waals surface area contributed by atoms with Gasteiger partial charge in [0.25, 0.3) is 5.69 Å². The number of para-hydroxylation sites is 1. The van der Waals surface area contributed by atoms with Crippen molar-refractivity contribution in [3.8, 4) is 5.69 Å². The highest BCUT2D eigenvalue weighted by Crippen LogP contribution is 2.28. The normalized spacial score (nSPS) is 12.0. The highest BCUT2D eigenvalue weighted by atomic mass is 35.5. The van der Waals surface area contributed by atoms with Gasteiger partial charge in [0, 0.05) is 23.9 Å². The lowest BCUT2D eigenvalue weighted by molar-refractivity contribution is -0.893. The second-order valence-corrected chi connectivity index (χ2v) is 8.66. The van der Waals surface area contributed by atoms with Gasteiger partial charge in [-0.2, -0.15) is 0 Å². The summed E-state index contributed by atoms with van der Waals surface area (Å²) in [6.07, 6.45) is 0.883. The van der Waals surface area contributed by atoms with Crippen LogP contribution in [0.3, 0.4) is 0 Å². The first kappa shape index (κ1) is 23.7. The zero-order valence-electron chi connectivity index (χ0n) is 17.9. The molecule has 1 atom stereocenters. The van der Waals surface area contributed by atoms with Crippen molar-refractivity contribution in [1.82, 2.24) is 14.8 Å². The number of nitrogens with one attached hydrogen (secondary N) is 2. The molecular weight excluding hydrogens is 452 g/mol. The predicted octanol–water partition coefficient (Wildman–Crippen LogP) is 3.16. The first-order valence-electron chi connectivity index (χ1n) is 9.99. The van der Waals surface area contributed by atoms with Gasteiger partial charge >= 0.3 is 0 Å². The molecule has 0 unspecified atom stereocenters. The number of hydrogen-bond acceptors (Lipinski definition) is 6. The molecule has 3 rings (SSSR count). The standard InChI is InChI=1S/C21H23ClN6O3S/c1-4-17(26(2)3)20-24-25-21(27(20)15-8-6-5-7-9-15)32-13-19(29)23-14-10-11-16(22)18(12-14)28(30)31/h5-12,17H,4,13H2,1-3H3,(H,23,29)/p+1/t17-/m1/s1. The van der Waals surface area contributed by atoms with Crippen molar-refractivity contribution in [1.29, 1.82) is 0 Å². The van der Waals surface area contributed by atoms with Gasteiger partial charge in [-0.05, 0) is 24.3 Å². The number of hydrogen-bond donors (Lipinski definition) is 2. The van der Waals surface area contributed by atoms with E-state index in [9.17, 15) is 14.9 Å². The molecule has 11 heteroatoms. The lowest BCUT2D eigenvalue weighted by atomic mass is 10.2. The van der Waals surface area contributed by atoms with Gasteiger partial charge in [-0.15, -0.1) is 10.2 Å². The summed E-state index contributed by atoms with van der Waals surface area (Å²) in [7, 11) is 4.15. The van der Waals surface area contributed by atoms with Gasteiger partial charge in [-0.3, -0.25) is 19.5 Å². The minimum Gasteiger partial charge on any atom is -0.331 e. The Bertz CT molecular complexity index is 1110. The van der Waals surface area contributed by atoms with Gasteiger partial charge in [0.15, 0.2) is 11.0 Å². The molecule has 0 spiro atoms. The predicted molar refractivity (Wildman–Crippen MR) is 125 cm³/mol. The van der Waals surface area contributed by atoms with Gasteiger partial charge in [-0.1, -0.05) is 48.5 Å². The van der Waals surface area contributed by atoms with Gasteiger partial charge < -0.3 is 10.2 Å². The van der Waals surface area contributed by atoms with E-state index in [4.69, 9.17) is 11.6 Å². The van der Waals surface area contributed by atoms with Crippen molar-refractivity contribution < 1.29 is 14.6 Å². The Labute approximate surface area is 194 Å². The lowest BCUT2D eigenvalue weighted by Crippen LogP contribution is -3.06. The number of thioether (sulfide) groups is 1. The Hall–Kier alpha value is -2.95. The van der Waals surface area contributed by atoms with E-state index in [0.29, 0.717) is 10.8 Å². The second kappa shape index (κ2) is 10.6. The topological polar surface area (TPSA) is 107 Å². The number of carbonyl (C=O) groups is 1. The summed E-state index contributed by atoms with van der Waals surface area (Å²) in [6.45, 7) is 2.10. The number of halogens is 1. The fourth-order valence-corrected chi connectivity index (χ4v) is 4.27. The molecule has 2 aromatic carbocycles. The molecule has 3 aromatic rings. The Morgan fingerprint density at radius 2 is 1.97 bits per heavy atom. The van der Waals surface area contributed by atoms with E-state index >= 15 is 0 Å². The van der Waals surface area contributed by atoms with Gasteiger partial charge in [-0.25, -0.2) is 0 Å². The Kier molecular flexibility index (Phi) is 7.84. The van der Waals surface area contributed by atoms with Gasteiger partial charge in [0.1, 0.15) is 11.1 Å². The third kappa shape index (κ3) is 5.45. The molecule has 0 bridgehead atoms. The van der Waals surface area contributed by atoms with E-state index in [2.05, 4.69) is 36.5 Å². The smallest absolute Gasteiger partial charge is 0.289 e. The number of rotatable bonds is 9. The molecule has 0 radical (unpaired) electrons. The fourth-order valence-electron chi connectivity index (χ4n) is 3.33. The summed E-state index contributed by atoms with van der Waals surface area (Å²) in [5.41, 5.74) is 0.963. The van der Waals surface area contributed by atoms with E-state index in [-0.39, 0.29) is 28.4 Å². The average Bonchev–Trinajstić information content (AvgIpc) is 3.18. The first-order valence-corrected chi connectivity index (χ1v) is 11.4. The summed E-state index contributed by atoms with van der Waals surface area (Å²) in [5.74, 6) is 0.573.